The Morgan fingerprint density at radius 1 is 0.704 bits per heavy atom. The van der Waals surface area contributed by atoms with E-state index in [1.54, 1.807) is 40.8 Å². The van der Waals surface area contributed by atoms with E-state index in [2.05, 4.69) is 100 Å². The van der Waals surface area contributed by atoms with Gasteiger partial charge in [0.2, 0.25) is 11.6 Å². The number of carboxylic acids is 1. The van der Waals surface area contributed by atoms with Gasteiger partial charge in [-0.25, -0.2) is 34.7 Å². The Morgan fingerprint density at radius 2 is 1.14 bits per heavy atom. The van der Waals surface area contributed by atoms with Gasteiger partial charge < -0.3 is 25.6 Å². The SMILES string of the molecule is C.C#CC#CC#CC#CC#CC#CC.COc1nc(C(=O)NCc2cccc(C(F)(F)F)c2)cnc1-n1cnc(C)c1.COc1nc(C(=O)O)cnc1-n1cnc(C)c1.NCc1cccc(C(F)(F)F)c1. The van der Waals surface area contributed by atoms with Gasteiger partial charge in [-0.1, -0.05) is 43.7 Å². The minimum absolute atomic E-state index is 0. The number of halogens is 6. The fourth-order valence-corrected chi connectivity index (χ4v) is 4.97. The molecule has 6 aromatic rings. The van der Waals surface area contributed by atoms with Crippen molar-refractivity contribution in [1.29, 1.82) is 0 Å². The number of carbonyl (C=O) groups is 2. The smallest absolute Gasteiger partial charge is 0.416 e. The molecule has 0 aliphatic rings. The van der Waals surface area contributed by atoms with E-state index in [1.807, 2.05) is 13.8 Å². The fourth-order valence-electron chi connectivity index (χ4n) is 4.97. The van der Waals surface area contributed by atoms with Gasteiger partial charge in [-0.2, -0.15) is 26.3 Å². The van der Waals surface area contributed by atoms with Crippen molar-refractivity contribution in [3.8, 4) is 94.9 Å². The highest BCUT2D eigenvalue weighted by atomic mass is 19.4. The Kier molecular flexibility index (Phi) is 23.2. The predicted molar refractivity (Wildman–Crippen MR) is 250 cm³/mol. The van der Waals surface area contributed by atoms with Gasteiger partial charge in [-0.15, -0.1) is 6.42 Å². The second-order valence-corrected chi connectivity index (χ2v) is 13.1. The number of rotatable bonds is 9. The Balaban J connectivity index is 0.000000346. The molecule has 0 aliphatic carbocycles. The van der Waals surface area contributed by atoms with Crippen molar-refractivity contribution in [2.75, 3.05) is 14.2 Å². The number of methoxy groups -OCH3 is 2. The molecule has 15 nitrogen and oxygen atoms in total. The van der Waals surface area contributed by atoms with Gasteiger partial charge in [0.15, 0.2) is 11.4 Å². The molecule has 0 fully saturated rings. The molecular formula is C50H42F6N10O5. The molecule has 2 aromatic carbocycles. The maximum absolute atomic E-state index is 12.8. The van der Waals surface area contributed by atoms with Crippen LogP contribution in [0, 0.1) is 85.4 Å². The molecule has 71 heavy (non-hydrogen) atoms. The predicted octanol–water partition coefficient (Wildman–Crippen LogP) is 7.06. The number of ether oxygens (including phenoxy) is 2. The average molecular weight is 977 g/mol. The van der Waals surface area contributed by atoms with E-state index in [0.29, 0.717) is 22.8 Å². The number of aromatic carboxylic acids is 1. The first-order chi connectivity index (χ1) is 33.3. The third-order valence-corrected chi connectivity index (χ3v) is 8.09. The lowest BCUT2D eigenvalue weighted by Gasteiger charge is -2.11. The summed E-state index contributed by atoms with van der Waals surface area (Å²) in [6.07, 6.45) is 5.14. The molecule has 364 valence electrons. The van der Waals surface area contributed by atoms with Gasteiger partial charge in [-0.3, -0.25) is 13.9 Å². The zero-order valence-corrected chi connectivity index (χ0v) is 37.6. The number of hydrogen-bond donors (Lipinski definition) is 3. The first-order valence-electron chi connectivity index (χ1n) is 19.6. The number of amides is 1. The van der Waals surface area contributed by atoms with Gasteiger partial charge in [0.05, 0.1) is 49.1 Å². The Morgan fingerprint density at radius 3 is 1.55 bits per heavy atom. The molecule has 4 N–H and O–H groups in total. The maximum atomic E-state index is 12.8. The van der Waals surface area contributed by atoms with Gasteiger partial charge in [0.25, 0.3) is 17.7 Å². The summed E-state index contributed by atoms with van der Waals surface area (Å²) in [4.78, 5) is 47.4. The van der Waals surface area contributed by atoms with Crippen LogP contribution in [0.3, 0.4) is 0 Å². The minimum Gasteiger partial charge on any atom is -0.478 e. The van der Waals surface area contributed by atoms with Gasteiger partial charge in [-0.05, 0) is 109 Å². The molecule has 0 radical (unpaired) electrons. The zero-order chi connectivity index (χ0) is 51.7. The topological polar surface area (TPSA) is 198 Å². The summed E-state index contributed by atoms with van der Waals surface area (Å²) >= 11 is 0. The van der Waals surface area contributed by atoms with Gasteiger partial charge >= 0.3 is 18.3 Å². The van der Waals surface area contributed by atoms with E-state index in [1.165, 1.54) is 51.1 Å². The first-order valence-corrected chi connectivity index (χ1v) is 19.6. The molecular weight excluding hydrogens is 935 g/mol. The summed E-state index contributed by atoms with van der Waals surface area (Å²) in [5, 5.41) is 11.3. The van der Waals surface area contributed by atoms with E-state index in [0.717, 1.165) is 35.7 Å². The summed E-state index contributed by atoms with van der Waals surface area (Å²) < 4.78 is 87.9. The molecule has 1 amide bonds. The van der Waals surface area contributed by atoms with Gasteiger partial charge in [0, 0.05) is 25.5 Å². The van der Waals surface area contributed by atoms with Crippen LogP contribution in [0.4, 0.5) is 26.3 Å². The third kappa shape index (κ3) is 19.3. The number of nitrogens with two attached hydrogens (primary N) is 1. The van der Waals surface area contributed by atoms with Crippen LogP contribution in [-0.4, -0.2) is 70.2 Å². The van der Waals surface area contributed by atoms with Crippen molar-refractivity contribution in [3.63, 3.8) is 0 Å². The van der Waals surface area contributed by atoms with E-state index in [4.69, 9.17) is 26.7 Å². The number of carboxylic acid groups (broad SMARTS) is 1. The van der Waals surface area contributed by atoms with Gasteiger partial charge in [0.1, 0.15) is 12.7 Å². The Bertz CT molecular complexity index is 3150. The highest BCUT2D eigenvalue weighted by Crippen LogP contribution is 2.30. The van der Waals surface area contributed by atoms with Crippen LogP contribution >= 0.6 is 0 Å². The summed E-state index contributed by atoms with van der Waals surface area (Å²) in [6, 6.07) is 9.73. The van der Waals surface area contributed by atoms with Crippen LogP contribution in [0.5, 0.6) is 11.8 Å². The van der Waals surface area contributed by atoms with Crippen molar-refractivity contribution < 1.29 is 50.5 Å². The second-order valence-electron chi connectivity index (χ2n) is 13.1. The molecule has 0 saturated heterocycles. The van der Waals surface area contributed by atoms with E-state index in [9.17, 15) is 35.9 Å². The zero-order valence-electron chi connectivity index (χ0n) is 37.6. The van der Waals surface area contributed by atoms with Crippen molar-refractivity contribution in [2.24, 2.45) is 5.73 Å². The number of aromatic nitrogens is 8. The van der Waals surface area contributed by atoms with E-state index < -0.39 is 35.4 Å². The minimum atomic E-state index is -4.44. The third-order valence-electron chi connectivity index (χ3n) is 8.09. The number of nitrogens with zero attached hydrogens (tertiary/aromatic N) is 8. The molecule has 6 rings (SSSR count). The maximum Gasteiger partial charge on any atom is 0.416 e. The van der Waals surface area contributed by atoms with Crippen molar-refractivity contribution in [2.45, 2.75) is 53.6 Å². The number of aryl methyl sites for hydroxylation is 2. The van der Waals surface area contributed by atoms with Crippen LogP contribution in [0.1, 0.15) is 69.0 Å². The van der Waals surface area contributed by atoms with Crippen LogP contribution < -0.4 is 20.5 Å². The number of hydrogen-bond acceptors (Lipinski definition) is 11. The molecule has 4 aromatic heterocycles. The van der Waals surface area contributed by atoms with Crippen molar-refractivity contribution >= 4 is 11.9 Å². The molecule has 0 atom stereocenters. The number of carbonyl (C=O) groups excluding carboxylic acids is 1. The largest absolute Gasteiger partial charge is 0.478 e. The average Bonchev–Trinajstić information content (AvgIpc) is 3.99. The number of alkyl halides is 6. The lowest BCUT2D eigenvalue weighted by atomic mass is 10.1. The van der Waals surface area contributed by atoms with E-state index >= 15 is 0 Å². The first kappa shape index (κ1) is 57.6. The second kappa shape index (κ2) is 28.6. The lowest BCUT2D eigenvalue weighted by molar-refractivity contribution is -0.138. The number of nitrogens with one attached hydrogen (secondary N) is 1. The quantitative estimate of drug-likeness (QED) is 0.0987. The Labute approximate surface area is 405 Å². The number of benzene rings is 2. The standard InChI is InChI=1S/C18H16F3N5O2.C13H4.C10H10N4O3.C8H8F3N.CH4/c1-11-9-26(10-24-11)15-17(28-2)25-14(8-22-15)16(27)23-7-12-4-3-5-13(6-12)18(19,20)21;1-3-5-7-9-11-13-12-10-8-6-4-2;1-6-4-14(5-12-6)8-9(17-2)13-7(3-11-8)10(15)16;9-8(10,11)7-3-1-2-6(4-7)5-12;/h3-6,8-10H,7H2,1-2H3,(H,23,27);1H,2H3;3-5H,1-2H3,(H,15,16);1-4H,5,12H2;1H4. The summed E-state index contributed by atoms with van der Waals surface area (Å²) in [6.45, 7) is 5.39. The molecule has 4 heterocycles. The lowest BCUT2D eigenvalue weighted by Crippen LogP contribution is -2.24. The highest BCUT2D eigenvalue weighted by Gasteiger charge is 2.31. The normalized spacial score (nSPS) is 9.56. The van der Waals surface area contributed by atoms with Crippen LogP contribution in [0.15, 0.2) is 86.0 Å². The fraction of sp³-hybridized carbons (Fsp3) is 0.200. The highest BCUT2D eigenvalue weighted by molar-refractivity contribution is 5.92. The van der Waals surface area contributed by atoms with Crippen LogP contribution in [-0.2, 0) is 25.4 Å². The summed E-state index contributed by atoms with van der Waals surface area (Å²) in [5.74, 6) is 26.2. The number of imidazole rings is 2. The van der Waals surface area contributed by atoms with Crippen molar-refractivity contribution in [3.05, 3.63) is 131 Å². The monoisotopic (exact) mass is 976 g/mol. The molecule has 0 aliphatic heterocycles. The Hall–Kier alpha value is -9.54. The molecule has 0 bridgehead atoms. The molecule has 0 spiro atoms. The van der Waals surface area contributed by atoms with E-state index in [-0.39, 0.29) is 43.7 Å². The summed E-state index contributed by atoms with van der Waals surface area (Å²) in [7, 11) is 2.80. The van der Waals surface area contributed by atoms with Crippen LogP contribution in [0.2, 0.25) is 0 Å². The molecule has 21 heteroatoms. The molecule has 0 unspecified atom stereocenters. The number of terminal acetylenes is 1. The molecule has 0 saturated carbocycles. The summed E-state index contributed by atoms with van der Waals surface area (Å²) in [5.41, 5.74) is 5.97. The van der Waals surface area contributed by atoms with Crippen molar-refractivity contribution in [1.82, 2.24) is 44.4 Å². The van der Waals surface area contributed by atoms with Crippen LogP contribution in [0.25, 0.3) is 11.6 Å².